The van der Waals surface area contributed by atoms with E-state index in [4.69, 9.17) is 0 Å². The van der Waals surface area contributed by atoms with Gasteiger partial charge in [0.15, 0.2) is 0 Å². The zero-order valence-electron chi connectivity index (χ0n) is 20.5. The van der Waals surface area contributed by atoms with Gasteiger partial charge >= 0.3 is 0 Å². The molecule has 184 valence electrons. The van der Waals surface area contributed by atoms with Gasteiger partial charge in [0, 0.05) is 51.1 Å². The maximum absolute atomic E-state index is 13.1. The first-order chi connectivity index (χ1) is 15.7. The van der Waals surface area contributed by atoms with Crippen molar-refractivity contribution in [2.24, 2.45) is 11.8 Å². The van der Waals surface area contributed by atoms with Gasteiger partial charge in [-0.15, -0.1) is 0 Å². The highest BCUT2D eigenvalue weighted by molar-refractivity contribution is 7.89. The number of sulfonamides is 1. The predicted octanol–water partition coefficient (Wildman–Crippen LogP) is 3.32. The molecule has 0 unspecified atom stereocenters. The maximum atomic E-state index is 13.1. The second-order valence-electron chi connectivity index (χ2n) is 9.51. The van der Waals surface area contributed by atoms with Crippen LogP contribution in [0.25, 0.3) is 0 Å². The number of amides is 2. The summed E-state index contributed by atoms with van der Waals surface area (Å²) < 4.78 is 27.6. The molecule has 33 heavy (non-hydrogen) atoms. The van der Waals surface area contributed by atoms with Crippen LogP contribution in [-0.2, 0) is 19.6 Å². The fourth-order valence-corrected chi connectivity index (χ4v) is 6.39. The quantitative estimate of drug-likeness (QED) is 0.604. The molecule has 0 N–H and O–H groups in total. The van der Waals surface area contributed by atoms with Crippen molar-refractivity contribution < 1.29 is 18.0 Å². The molecule has 0 spiro atoms. The van der Waals surface area contributed by atoms with E-state index in [1.165, 1.54) is 4.31 Å². The lowest BCUT2D eigenvalue weighted by Gasteiger charge is -2.37. The van der Waals surface area contributed by atoms with E-state index >= 15 is 0 Å². The van der Waals surface area contributed by atoms with E-state index in [-0.39, 0.29) is 23.7 Å². The average molecular weight is 478 g/mol. The number of carbonyl (C=O) groups excluding carboxylic acids is 2. The molecule has 2 aliphatic heterocycles. The lowest BCUT2D eigenvalue weighted by molar-refractivity contribution is -0.143. The van der Waals surface area contributed by atoms with Gasteiger partial charge in [0.2, 0.25) is 21.8 Å². The Bertz CT molecular complexity index is 909. The molecular formula is C25H39N3O4S. The highest BCUT2D eigenvalue weighted by Crippen LogP contribution is 2.28. The van der Waals surface area contributed by atoms with Gasteiger partial charge in [-0.05, 0) is 63.1 Å². The third kappa shape index (κ3) is 5.77. The van der Waals surface area contributed by atoms with Gasteiger partial charge in [-0.1, -0.05) is 26.0 Å². The number of hydrogen-bond donors (Lipinski definition) is 0. The largest absolute Gasteiger partial charge is 0.343 e. The summed E-state index contributed by atoms with van der Waals surface area (Å²) in [4.78, 5) is 29.7. The minimum atomic E-state index is -3.54. The summed E-state index contributed by atoms with van der Waals surface area (Å²) in [6.45, 7) is 11.5. The van der Waals surface area contributed by atoms with Gasteiger partial charge in [0.1, 0.15) is 0 Å². The van der Waals surface area contributed by atoms with Gasteiger partial charge in [0.25, 0.3) is 0 Å². The van der Waals surface area contributed by atoms with Crippen LogP contribution in [0.1, 0.15) is 64.9 Å². The molecule has 1 aromatic carbocycles. The Balaban J connectivity index is 1.52. The molecule has 2 amide bonds. The second kappa shape index (κ2) is 11.0. The van der Waals surface area contributed by atoms with Gasteiger partial charge in [-0.2, -0.15) is 4.31 Å². The smallest absolute Gasteiger partial charge is 0.243 e. The first-order valence-electron chi connectivity index (χ1n) is 12.4. The molecule has 0 radical (unpaired) electrons. The third-order valence-corrected chi connectivity index (χ3v) is 9.13. The number of piperidine rings is 2. The van der Waals surface area contributed by atoms with Crippen LogP contribution in [0.5, 0.6) is 0 Å². The molecule has 0 aromatic heterocycles. The van der Waals surface area contributed by atoms with Crippen molar-refractivity contribution in [3.05, 3.63) is 29.8 Å². The van der Waals surface area contributed by atoms with Crippen molar-refractivity contribution in [3.8, 4) is 0 Å². The number of nitrogens with zero attached hydrogens (tertiary/aromatic N) is 3. The summed E-state index contributed by atoms with van der Waals surface area (Å²) >= 11 is 0. The first kappa shape index (κ1) is 25.7. The van der Waals surface area contributed by atoms with Crippen LogP contribution in [0.2, 0.25) is 0 Å². The summed E-state index contributed by atoms with van der Waals surface area (Å²) in [5.74, 6) is 0.524. The van der Waals surface area contributed by atoms with Crippen molar-refractivity contribution in [1.29, 1.82) is 0 Å². The SMILES string of the molecule is CCN(CC)C(=O)C1CCN(C(=O)C2CCN(S(=O)(=O)c3ccc(C(C)C)cc3)CC2)CC1. The van der Waals surface area contributed by atoms with E-state index in [0.717, 1.165) is 18.7 Å². The fourth-order valence-electron chi connectivity index (χ4n) is 4.92. The molecule has 2 heterocycles. The maximum Gasteiger partial charge on any atom is 0.243 e. The van der Waals surface area contributed by atoms with Gasteiger partial charge in [0.05, 0.1) is 4.90 Å². The third-order valence-electron chi connectivity index (χ3n) is 7.22. The molecule has 3 rings (SSSR count). The topological polar surface area (TPSA) is 78.0 Å². The highest BCUT2D eigenvalue weighted by Gasteiger charge is 2.36. The van der Waals surface area contributed by atoms with Crippen LogP contribution in [0.15, 0.2) is 29.2 Å². The molecule has 2 aliphatic rings. The van der Waals surface area contributed by atoms with E-state index in [0.29, 0.717) is 62.7 Å². The summed E-state index contributed by atoms with van der Waals surface area (Å²) in [6.07, 6.45) is 2.50. The Morgan fingerprint density at radius 3 is 1.91 bits per heavy atom. The minimum absolute atomic E-state index is 0.00280. The van der Waals surface area contributed by atoms with E-state index in [2.05, 4.69) is 13.8 Å². The van der Waals surface area contributed by atoms with Crippen LogP contribution in [0, 0.1) is 11.8 Å². The van der Waals surface area contributed by atoms with Gasteiger partial charge < -0.3 is 9.80 Å². The van der Waals surface area contributed by atoms with Crippen LogP contribution < -0.4 is 0 Å². The molecule has 0 saturated carbocycles. The van der Waals surface area contributed by atoms with Gasteiger partial charge in [-0.25, -0.2) is 8.42 Å². The summed E-state index contributed by atoms with van der Waals surface area (Å²) in [6, 6.07) is 7.13. The number of likely N-dealkylation sites (tertiary alicyclic amines) is 1. The minimum Gasteiger partial charge on any atom is -0.343 e. The zero-order chi connectivity index (χ0) is 24.2. The monoisotopic (exact) mass is 477 g/mol. The Labute approximate surface area is 199 Å². The number of rotatable bonds is 7. The second-order valence-corrected chi connectivity index (χ2v) is 11.5. The Hall–Kier alpha value is -1.93. The van der Waals surface area contributed by atoms with Crippen molar-refractivity contribution in [1.82, 2.24) is 14.1 Å². The average Bonchev–Trinajstić information content (AvgIpc) is 2.84. The summed E-state index contributed by atoms with van der Waals surface area (Å²) in [7, 11) is -3.54. The molecule has 2 saturated heterocycles. The van der Waals surface area contributed by atoms with Crippen LogP contribution in [0.3, 0.4) is 0 Å². The summed E-state index contributed by atoms with van der Waals surface area (Å²) in [5.41, 5.74) is 1.11. The van der Waals surface area contributed by atoms with E-state index < -0.39 is 10.0 Å². The lowest BCUT2D eigenvalue weighted by Crippen LogP contribution is -2.48. The number of carbonyl (C=O) groups is 2. The molecule has 0 aliphatic carbocycles. The van der Waals surface area contributed by atoms with Crippen molar-refractivity contribution in [3.63, 3.8) is 0 Å². The number of benzene rings is 1. The highest BCUT2D eigenvalue weighted by atomic mass is 32.2. The molecule has 8 heteroatoms. The molecule has 0 bridgehead atoms. The number of hydrogen-bond acceptors (Lipinski definition) is 4. The molecule has 0 atom stereocenters. The van der Waals surface area contributed by atoms with Crippen molar-refractivity contribution in [2.75, 3.05) is 39.3 Å². The van der Waals surface area contributed by atoms with E-state index in [9.17, 15) is 18.0 Å². The van der Waals surface area contributed by atoms with E-state index in [1.54, 1.807) is 12.1 Å². The van der Waals surface area contributed by atoms with E-state index in [1.807, 2.05) is 35.8 Å². The first-order valence-corrected chi connectivity index (χ1v) is 13.8. The molecule has 1 aromatic rings. The van der Waals surface area contributed by atoms with Gasteiger partial charge in [-0.3, -0.25) is 9.59 Å². The fraction of sp³-hybridized carbons (Fsp3) is 0.680. The van der Waals surface area contributed by atoms with Crippen molar-refractivity contribution in [2.45, 2.75) is 64.2 Å². The summed E-state index contributed by atoms with van der Waals surface area (Å²) in [5, 5.41) is 0. The Morgan fingerprint density at radius 1 is 0.909 bits per heavy atom. The molecular weight excluding hydrogens is 438 g/mol. The van der Waals surface area contributed by atoms with Crippen LogP contribution in [0.4, 0.5) is 0 Å². The molecule has 2 fully saturated rings. The molecule has 7 nitrogen and oxygen atoms in total. The van der Waals surface area contributed by atoms with Crippen molar-refractivity contribution >= 4 is 21.8 Å². The predicted molar refractivity (Wildman–Crippen MR) is 129 cm³/mol. The standard InChI is InChI=1S/C25H39N3O4S/c1-5-26(6-2)24(29)21-11-15-27(16-12-21)25(30)22-13-17-28(18-14-22)33(31,32)23-9-7-20(8-10-23)19(3)4/h7-10,19,21-22H,5-6,11-18H2,1-4H3. The Kier molecular flexibility index (Phi) is 8.56. The van der Waals surface area contributed by atoms with Crippen LogP contribution >= 0.6 is 0 Å². The lowest BCUT2D eigenvalue weighted by atomic mass is 9.92. The van der Waals surface area contributed by atoms with Crippen LogP contribution in [-0.4, -0.2) is 73.6 Å². The zero-order valence-corrected chi connectivity index (χ0v) is 21.3. The normalized spacial score (nSPS) is 19.1. The Morgan fingerprint density at radius 2 is 1.42 bits per heavy atom.